The van der Waals surface area contributed by atoms with Crippen molar-refractivity contribution in [2.45, 2.75) is 39.0 Å². The summed E-state index contributed by atoms with van der Waals surface area (Å²) in [4.78, 5) is 16.1. The van der Waals surface area contributed by atoms with Gasteiger partial charge >= 0.3 is 0 Å². The predicted molar refractivity (Wildman–Crippen MR) is 77.3 cm³/mol. The van der Waals surface area contributed by atoms with Gasteiger partial charge in [-0.3, -0.25) is 4.79 Å². The third kappa shape index (κ3) is 4.23. The molecule has 104 valence electrons. The van der Waals surface area contributed by atoms with Gasteiger partial charge in [0.15, 0.2) is 0 Å². The minimum Gasteiger partial charge on any atom is -0.370 e. The van der Waals surface area contributed by atoms with Gasteiger partial charge in [0.1, 0.15) is 5.82 Å². The Labute approximate surface area is 115 Å². The highest BCUT2D eigenvalue weighted by Crippen LogP contribution is 2.28. The van der Waals surface area contributed by atoms with Crippen LogP contribution in [0, 0.1) is 5.92 Å². The van der Waals surface area contributed by atoms with Gasteiger partial charge in [-0.05, 0) is 30.9 Å². The summed E-state index contributed by atoms with van der Waals surface area (Å²) < 4.78 is 0. The number of pyridine rings is 1. The van der Waals surface area contributed by atoms with E-state index in [1.807, 2.05) is 12.1 Å². The van der Waals surface area contributed by atoms with Gasteiger partial charge in [0, 0.05) is 19.3 Å². The molecule has 0 saturated heterocycles. The summed E-state index contributed by atoms with van der Waals surface area (Å²) in [5.74, 6) is 1.64. The molecule has 4 heteroatoms. The van der Waals surface area contributed by atoms with Crippen LogP contribution in [0.1, 0.15) is 49.4 Å². The average Bonchev–Trinajstić information content (AvgIpc) is 2.39. The molecule has 0 radical (unpaired) electrons. The van der Waals surface area contributed by atoms with Crippen LogP contribution in [0.5, 0.6) is 0 Å². The van der Waals surface area contributed by atoms with E-state index in [-0.39, 0.29) is 5.91 Å². The van der Waals surface area contributed by atoms with Crippen molar-refractivity contribution in [2.24, 2.45) is 5.92 Å². The van der Waals surface area contributed by atoms with E-state index in [2.05, 4.69) is 22.5 Å². The second-order valence-electron chi connectivity index (χ2n) is 5.20. The lowest BCUT2D eigenvalue weighted by atomic mass is 9.83. The van der Waals surface area contributed by atoms with Crippen molar-refractivity contribution in [3.05, 3.63) is 23.9 Å². The lowest BCUT2D eigenvalue weighted by Crippen LogP contribution is -2.27. The molecule has 1 amide bonds. The summed E-state index contributed by atoms with van der Waals surface area (Å²) in [6.45, 7) is 3.79. The Morgan fingerprint density at radius 3 is 2.79 bits per heavy atom. The second kappa shape index (κ2) is 7.12. The quantitative estimate of drug-likeness (QED) is 0.793. The topological polar surface area (TPSA) is 54.0 Å². The van der Waals surface area contributed by atoms with Crippen LogP contribution in [0.3, 0.4) is 0 Å². The van der Waals surface area contributed by atoms with Crippen LogP contribution in [0.4, 0.5) is 5.82 Å². The van der Waals surface area contributed by atoms with E-state index in [1.165, 1.54) is 19.3 Å². The smallest absolute Gasteiger partial charge is 0.252 e. The Hall–Kier alpha value is -1.58. The van der Waals surface area contributed by atoms with Crippen LogP contribution in [0.25, 0.3) is 0 Å². The molecule has 0 unspecified atom stereocenters. The van der Waals surface area contributed by atoms with Gasteiger partial charge < -0.3 is 10.6 Å². The first-order valence-electron chi connectivity index (χ1n) is 7.27. The number of carbonyl (C=O) groups excluding carboxylic acids is 1. The Morgan fingerprint density at radius 2 is 2.21 bits per heavy atom. The number of amides is 1. The molecule has 0 spiro atoms. The molecule has 1 heterocycles. The Kier molecular flexibility index (Phi) is 5.19. The molecule has 1 aromatic rings. The van der Waals surface area contributed by atoms with E-state index < -0.39 is 0 Å². The summed E-state index contributed by atoms with van der Waals surface area (Å²) in [7, 11) is 0. The van der Waals surface area contributed by atoms with Gasteiger partial charge in [0.05, 0.1) is 5.56 Å². The highest BCUT2D eigenvalue weighted by atomic mass is 16.1. The second-order valence-corrected chi connectivity index (χ2v) is 5.20. The van der Waals surface area contributed by atoms with Gasteiger partial charge in [-0.1, -0.05) is 26.2 Å². The van der Waals surface area contributed by atoms with Crippen LogP contribution in [0.2, 0.25) is 0 Å². The summed E-state index contributed by atoms with van der Waals surface area (Å²) >= 11 is 0. The van der Waals surface area contributed by atoms with E-state index in [0.717, 1.165) is 37.7 Å². The molecule has 1 aliphatic carbocycles. The SMILES string of the molecule is CCCNc1ccc(C(=O)NCCC2CCC2)cn1. The molecule has 2 rings (SSSR count). The van der Waals surface area contributed by atoms with Gasteiger partial charge in [-0.2, -0.15) is 0 Å². The van der Waals surface area contributed by atoms with Crippen molar-refractivity contribution in [1.82, 2.24) is 10.3 Å². The van der Waals surface area contributed by atoms with Crippen LogP contribution in [0.15, 0.2) is 18.3 Å². The van der Waals surface area contributed by atoms with Crippen LogP contribution < -0.4 is 10.6 Å². The molecular weight excluding hydrogens is 238 g/mol. The molecular formula is C15H23N3O. The summed E-state index contributed by atoms with van der Waals surface area (Å²) in [5, 5.41) is 6.15. The van der Waals surface area contributed by atoms with E-state index in [4.69, 9.17) is 0 Å². The number of nitrogens with zero attached hydrogens (tertiary/aromatic N) is 1. The molecule has 4 nitrogen and oxygen atoms in total. The average molecular weight is 261 g/mol. The maximum Gasteiger partial charge on any atom is 0.252 e. The van der Waals surface area contributed by atoms with Gasteiger partial charge in [0.2, 0.25) is 0 Å². The first kappa shape index (κ1) is 13.8. The fraction of sp³-hybridized carbons (Fsp3) is 0.600. The third-order valence-corrected chi connectivity index (χ3v) is 3.64. The van der Waals surface area contributed by atoms with Crippen LogP contribution >= 0.6 is 0 Å². The van der Waals surface area contributed by atoms with Crippen molar-refractivity contribution in [2.75, 3.05) is 18.4 Å². The fourth-order valence-corrected chi connectivity index (χ4v) is 2.16. The largest absolute Gasteiger partial charge is 0.370 e. The predicted octanol–water partition coefficient (Wildman–Crippen LogP) is 2.82. The van der Waals surface area contributed by atoms with Crippen molar-refractivity contribution < 1.29 is 4.79 Å². The number of hydrogen-bond donors (Lipinski definition) is 2. The number of nitrogens with one attached hydrogen (secondary N) is 2. The molecule has 1 aromatic heterocycles. The van der Waals surface area contributed by atoms with Crippen molar-refractivity contribution in [1.29, 1.82) is 0 Å². The number of carbonyl (C=O) groups is 1. The fourth-order valence-electron chi connectivity index (χ4n) is 2.16. The van der Waals surface area contributed by atoms with Crippen LogP contribution in [-0.4, -0.2) is 24.0 Å². The number of hydrogen-bond acceptors (Lipinski definition) is 3. The van der Waals surface area contributed by atoms with Crippen LogP contribution in [-0.2, 0) is 0 Å². The molecule has 1 fully saturated rings. The molecule has 0 aliphatic heterocycles. The molecule has 0 aromatic carbocycles. The van der Waals surface area contributed by atoms with Gasteiger partial charge in [-0.25, -0.2) is 4.98 Å². The highest BCUT2D eigenvalue weighted by molar-refractivity contribution is 5.94. The van der Waals surface area contributed by atoms with E-state index in [1.54, 1.807) is 6.20 Å². The lowest BCUT2D eigenvalue weighted by Gasteiger charge is -2.25. The monoisotopic (exact) mass is 261 g/mol. The van der Waals surface area contributed by atoms with Gasteiger partial charge in [-0.15, -0.1) is 0 Å². The molecule has 2 N–H and O–H groups in total. The maximum absolute atomic E-state index is 11.9. The molecule has 0 bridgehead atoms. The summed E-state index contributed by atoms with van der Waals surface area (Å²) in [6, 6.07) is 3.68. The van der Waals surface area contributed by atoms with E-state index in [0.29, 0.717) is 5.56 Å². The molecule has 0 atom stereocenters. The highest BCUT2D eigenvalue weighted by Gasteiger charge is 2.17. The van der Waals surface area contributed by atoms with Gasteiger partial charge in [0.25, 0.3) is 5.91 Å². The number of aromatic nitrogens is 1. The standard InChI is InChI=1S/C15H23N3O/c1-2-9-16-14-7-6-13(11-18-14)15(19)17-10-8-12-4-3-5-12/h6-7,11-12H,2-5,8-10H2,1H3,(H,16,18)(H,17,19). The van der Waals surface area contributed by atoms with Crippen molar-refractivity contribution in [3.8, 4) is 0 Å². The third-order valence-electron chi connectivity index (χ3n) is 3.64. The molecule has 1 aliphatic rings. The van der Waals surface area contributed by atoms with Crippen molar-refractivity contribution >= 4 is 11.7 Å². The van der Waals surface area contributed by atoms with E-state index in [9.17, 15) is 4.79 Å². The lowest BCUT2D eigenvalue weighted by molar-refractivity contribution is 0.0948. The summed E-state index contributed by atoms with van der Waals surface area (Å²) in [5.41, 5.74) is 0.635. The zero-order chi connectivity index (χ0) is 13.5. The Balaban J connectivity index is 1.74. The normalized spacial score (nSPS) is 14.8. The molecule has 19 heavy (non-hydrogen) atoms. The number of anilines is 1. The first-order valence-corrected chi connectivity index (χ1v) is 7.27. The van der Waals surface area contributed by atoms with E-state index >= 15 is 0 Å². The number of rotatable bonds is 7. The Morgan fingerprint density at radius 1 is 1.37 bits per heavy atom. The maximum atomic E-state index is 11.9. The zero-order valence-corrected chi connectivity index (χ0v) is 11.6. The Bertz CT molecular complexity index is 398. The van der Waals surface area contributed by atoms with Crippen molar-refractivity contribution in [3.63, 3.8) is 0 Å². The first-order chi connectivity index (χ1) is 9.29. The minimum atomic E-state index is -0.0196. The molecule has 1 saturated carbocycles. The summed E-state index contributed by atoms with van der Waals surface area (Å²) in [6.07, 6.45) is 7.82. The zero-order valence-electron chi connectivity index (χ0n) is 11.6. The minimum absolute atomic E-state index is 0.0196.